The summed E-state index contributed by atoms with van der Waals surface area (Å²) in [6.07, 6.45) is 1.05. The van der Waals surface area contributed by atoms with Crippen LogP contribution in [0.4, 0.5) is 0 Å². The van der Waals surface area contributed by atoms with Gasteiger partial charge in [0.2, 0.25) is 0 Å². The van der Waals surface area contributed by atoms with Crippen molar-refractivity contribution in [3.63, 3.8) is 0 Å². The van der Waals surface area contributed by atoms with E-state index in [-0.39, 0.29) is 0 Å². The Morgan fingerprint density at radius 3 is 2.50 bits per heavy atom. The summed E-state index contributed by atoms with van der Waals surface area (Å²) in [7, 11) is 1.77. The summed E-state index contributed by atoms with van der Waals surface area (Å²) in [6.45, 7) is 9.99. The Labute approximate surface area is 119 Å². The van der Waals surface area contributed by atoms with E-state index in [1.165, 1.54) is 16.1 Å². The van der Waals surface area contributed by atoms with Gasteiger partial charge in [0.25, 0.3) is 0 Å². The van der Waals surface area contributed by atoms with E-state index in [9.17, 15) is 0 Å². The molecule has 20 heavy (non-hydrogen) atoms. The van der Waals surface area contributed by atoms with Crippen LogP contribution in [0.5, 0.6) is 0 Å². The van der Waals surface area contributed by atoms with Crippen LogP contribution < -0.4 is 5.32 Å². The van der Waals surface area contributed by atoms with Gasteiger partial charge in [0, 0.05) is 17.3 Å². The van der Waals surface area contributed by atoms with E-state index in [2.05, 4.69) is 53.5 Å². The molecule has 0 aliphatic heterocycles. The van der Waals surface area contributed by atoms with Crippen LogP contribution in [0.2, 0.25) is 0 Å². The van der Waals surface area contributed by atoms with Gasteiger partial charge in [-0.1, -0.05) is 13.8 Å². The SMILES string of the molecule is CCNC(CC)c1c(C)nn(Cc2nnn(C)n2)c1C. The fourth-order valence-electron chi connectivity index (χ4n) is 2.59. The molecule has 1 unspecified atom stereocenters. The highest BCUT2D eigenvalue weighted by Crippen LogP contribution is 2.24. The molecule has 2 aromatic heterocycles. The van der Waals surface area contributed by atoms with Crippen LogP contribution in [0.15, 0.2) is 0 Å². The summed E-state index contributed by atoms with van der Waals surface area (Å²) in [4.78, 5) is 1.47. The van der Waals surface area contributed by atoms with Crippen LogP contribution in [0.1, 0.15) is 49.1 Å². The molecule has 0 saturated carbocycles. The third kappa shape index (κ3) is 2.87. The molecule has 110 valence electrons. The summed E-state index contributed by atoms with van der Waals surface area (Å²) in [5.41, 5.74) is 3.53. The molecule has 7 heteroatoms. The lowest BCUT2D eigenvalue weighted by Crippen LogP contribution is -2.21. The highest BCUT2D eigenvalue weighted by atomic mass is 15.6. The Bertz CT molecular complexity index is 569. The lowest BCUT2D eigenvalue weighted by Gasteiger charge is -2.16. The van der Waals surface area contributed by atoms with E-state index < -0.39 is 0 Å². The standard InChI is InChI=1S/C13H23N7/c1-6-11(14-7-2)13-9(3)16-20(10(13)4)8-12-15-18-19(5)17-12/h11,14H,6-8H2,1-5H3. The van der Waals surface area contributed by atoms with Gasteiger partial charge in [0.05, 0.1) is 12.7 Å². The summed E-state index contributed by atoms with van der Waals surface area (Å²) in [5.74, 6) is 0.682. The topological polar surface area (TPSA) is 73.5 Å². The van der Waals surface area contributed by atoms with Crippen LogP contribution in [-0.2, 0) is 13.6 Å². The normalized spacial score (nSPS) is 12.8. The van der Waals surface area contributed by atoms with Crippen LogP contribution >= 0.6 is 0 Å². The molecule has 0 aliphatic rings. The fraction of sp³-hybridized carbons (Fsp3) is 0.692. The average Bonchev–Trinajstić information content (AvgIpc) is 2.93. The van der Waals surface area contributed by atoms with Crippen molar-refractivity contribution < 1.29 is 0 Å². The van der Waals surface area contributed by atoms with E-state index in [0.29, 0.717) is 18.4 Å². The lowest BCUT2D eigenvalue weighted by molar-refractivity contribution is 0.530. The Morgan fingerprint density at radius 1 is 1.20 bits per heavy atom. The molecule has 2 aromatic rings. The highest BCUT2D eigenvalue weighted by Gasteiger charge is 2.19. The van der Waals surface area contributed by atoms with Crippen LogP contribution in [-0.4, -0.2) is 36.5 Å². The number of rotatable bonds is 6. The molecular formula is C13H23N7. The fourth-order valence-corrected chi connectivity index (χ4v) is 2.59. The smallest absolute Gasteiger partial charge is 0.196 e. The van der Waals surface area contributed by atoms with Gasteiger partial charge in [-0.2, -0.15) is 9.90 Å². The summed E-state index contributed by atoms with van der Waals surface area (Å²) < 4.78 is 1.96. The Hall–Kier alpha value is -1.76. The zero-order valence-corrected chi connectivity index (χ0v) is 12.9. The van der Waals surface area contributed by atoms with Gasteiger partial charge in [-0.05, 0) is 32.0 Å². The quantitative estimate of drug-likeness (QED) is 0.857. The first kappa shape index (κ1) is 14.6. The van der Waals surface area contributed by atoms with E-state index in [0.717, 1.165) is 18.7 Å². The molecule has 2 rings (SSSR count). The number of hydrogen-bond acceptors (Lipinski definition) is 5. The van der Waals surface area contributed by atoms with Crippen LogP contribution in [0.25, 0.3) is 0 Å². The van der Waals surface area contributed by atoms with E-state index in [1.54, 1.807) is 7.05 Å². The predicted octanol–water partition coefficient (Wildman–Crippen LogP) is 1.13. The lowest BCUT2D eigenvalue weighted by atomic mass is 10.0. The average molecular weight is 277 g/mol. The van der Waals surface area contributed by atoms with Crippen LogP contribution in [0.3, 0.4) is 0 Å². The molecule has 1 atom stereocenters. The number of tetrazole rings is 1. The first-order valence-electron chi connectivity index (χ1n) is 7.06. The van der Waals surface area contributed by atoms with E-state index in [1.807, 2.05) is 4.68 Å². The van der Waals surface area contributed by atoms with Gasteiger partial charge in [0.15, 0.2) is 5.82 Å². The predicted molar refractivity (Wildman–Crippen MR) is 76.3 cm³/mol. The second-order valence-electron chi connectivity index (χ2n) is 4.96. The molecule has 7 nitrogen and oxygen atoms in total. The van der Waals surface area contributed by atoms with E-state index in [4.69, 9.17) is 0 Å². The van der Waals surface area contributed by atoms with Gasteiger partial charge >= 0.3 is 0 Å². The minimum atomic E-state index is 0.351. The largest absolute Gasteiger partial charge is 0.310 e. The number of aromatic nitrogens is 6. The van der Waals surface area contributed by atoms with Crippen molar-refractivity contribution in [2.24, 2.45) is 7.05 Å². The molecule has 0 spiro atoms. The van der Waals surface area contributed by atoms with Crippen molar-refractivity contribution >= 4 is 0 Å². The van der Waals surface area contributed by atoms with Crippen molar-refractivity contribution in [3.8, 4) is 0 Å². The second-order valence-corrected chi connectivity index (χ2v) is 4.96. The molecule has 2 heterocycles. The molecular weight excluding hydrogens is 254 g/mol. The zero-order chi connectivity index (χ0) is 14.7. The van der Waals surface area contributed by atoms with Crippen molar-refractivity contribution in [2.75, 3.05) is 6.54 Å². The van der Waals surface area contributed by atoms with Crippen molar-refractivity contribution in [3.05, 3.63) is 22.8 Å². The summed E-state index contributed by atoms with van der Waals surface area (Å²) in [6, 6.07) is 0.351. The molecule has 0 bridgehead atoms. The van der Waals surface area contributed by atoms with Crippen LogP contribution in [0, 0.1) is 13.8 Å². The monoisotopic (exact) mass is 277 g/mol. The molecule has 0 aromatic carbocycles. The van der Waals surface area contributed by atoms with Crippen molar-refractivity contribution in [1.29, 1.82) is 0 Å². The minimum absolute atomic E-state index is 0.351. The summed E-state index contributed by atoms with van der Waals surface area (Å²) >= 11 is 0. The van der Waals surface area contributed by atoms with Gasteiger partial charge in [-0.15, -0.1) is 10.2 Å². The maximum atomic E-state index is 4.63. The maximum absolute atomic E-state index is 4.63. The Morgan fingerprint density at radius 2 is 1.95 bits per heavy atom. The molecule has 0 radical (unpaired) electrons. The van der Waals surface area contributed by atoms with E-state index >= 15 is 0 Å². The number of hydrogen-bond donors (Lipinski definition) is 1. The first-order valence-corrected chi connectivity index (χ1v) is 7.06. The van der Waals surface area contributed by atoms with Gasteiger partial charge < -0.3 is 5.32 Å². The molecule has 1 N–H and O–H groups in total. The zero-order valence-electron chi connectivity index (χ0n) is 12.9. The number of aryl methyl sites for hydroxylation is 2. The van der Waals surface area contributed by atoms with Gasteiger partial charge in [-0.25, -0.2) is 0 Å². The molecule has 0 amide bonds. The Kier molecular flexibility index (Phi) is 4.49. The van der Waals surface area contributed by atoms with Crippen molar-refractivity contribution in [2.45, 2.75) is 46.7 Å². The minimum Gasteiger partial charge on any atom is -0.310 e. The van der Waals surface area contributed by atoms with Crippen molar-refractivity contribution in [1.82, 2.24) is 35.3 Å². The third-order valence-corrected chi connectivity index (χ3v) is 3.49. The second kappa shape index (κ2) is 6.13. The first-order chi connectivity index (χ1) is 9.56. The van der Waals surface area contributed by atoms with Gasteiger partial charge in [0.1, 0.15) is 6.54 Å². The molecule has 0 fully saturated rings. The Balaban J connectivity index is 2.28. The molecule has 0 aliphatic carbocycles. The maximum Gasteiger partial charge on any atom is 0.196 e. The number of nitrogens with one attached hydrogen (secondary N) is 1. The molecule has 0 saturated heterocycles. The van der Waals surface area contributed by atoms with Gasteiger partial charge in [-0.3, -0.25) is 4.68 Å². The third-order valence-electron chi connectivity index (χ3n) is 3.49. The highest BCUT2D eigenvalue weighted by molar-refractivity contribution is 5.28. The number of nitrogens with zero attached hydrogens (tertiary/aromatic N) is 6. The summed E-state index contributed by atoms with van der Waals surface area (Å²) in [5, 5.41) is 20.2.